The molecule has 3 rings (SSSR count). The second-order valence-electron chi connectivity index (χ2n) is 6.75. The minimum atomic E-state index is -0.103. The number of urea groups is 1. The summed E-state index contributed by atoms with van der Waals surface area (Å²) in [5, 5.41) is 3.74. The summed E-state index contributed by atoms with van der Waals surface area (Å²) in [5.41, 5.74) is 4.10. The second kappa shape index (κ2) is 8.53. The van der Waals surface area contributed by atoms with Gasteiger partial charge in [0.25, 0.3) is 0 Å². The van der Waals surface area contributed by atoms with E-state index in [1.807, 2.05) is 49.1 Å². The van der Waals surface area contributed by atoms with Gasteiger partial charge in [-0.1, -0.05) is 29.8 Å². The Morgan fingerprint density at radius 1 is 1.15 bits per heavy atom. The highest BCUT2D eigenvalue weighted by atomic mass is 35.5. The third-order valence-electron chi connectivity index (χ3n) is 4.71. The molecule has 1 aliphatic heterocycles. The molecule has 0 radical (unpaired) electrons. The van der Waals surface area contributed by atoms with Gasteiger partial charge in [-0.05, 0) is 50.1 Å². The molecule has 0 spiro atoms. The molecular weight excluding hydrogens is 362 g/mol. The normalized spacial score (nSPS) is 14.2. The predicted molar refractivity (Wildman–Crippen MR) is 111 cm³/mol. The summed E-state index contributed by atoms with van der Waals surface area (Å²) < 4.78 is 5.58. The van der Waals surface area contributed by atoms with E-state index < -0.39 is 0 Å². The lowest BCUT2D eigenvalue weighted by atomic mass is 10.1. The van der Waals surface area contributed by atoms with Crippen molar-refractivity contribution < 1.29 is 9.53 Å². The van der Waals surface area contributed by atoms with Gasteiger partial charge in [-0.2, -0.15) is 0 Å². The van der Waals surface area contributed by atoms with Gasteiger partial charge in [0.2, 0.25) is 0 Å². The standard InChI is InChI=1S/C21H26ClN3O2/c1-4-27-19-8-6-5-7-18(19)23-21(26)25-11-9-24(10-12-25)20-16(3)13-15(2)14-17(20)22/h5-8,13-14H,4,9-12H2,1-3H3,(H,23,26). The van der Waals surface area contributed by atoms with Crippen molar-refractivity contribution in [2.45, 2.75) is 20.8 Å². The zero-order valence-corrected chi connectivity index (χ0v) is 16.8. The van der Waals surface area contributed by atoms with Crippen LogP contribution >= 0.6 is 11.6 Å². The maximum absolute atomic E-state index is 12.7. The fourth-order valence-corrected chi connectivity index (χ4v) is 3.93. The number of hydrogen-bond acceptors (Lipinski definition) is 3. The van der Waals surface area contributed by atoms with Crippen LogP contribution in [0.4, 0.5) is 16.2 Å². The van der Waals surface area contributed by atoms with Crippen LogP contribution in [0.1, 0.15) is 18.1 Å². The fourth-order valence-electron chi connectivity index (χ4n) is 3.49. The maximum Gasteiger partial charge on any atom is 0.322 e. The number of anilines is 2. The van der Waals surface area contributed by atoms with Gasteiger partial charge in [0.1, 0.15) is 5.75 Å². The van der Waals surface area contributed by atoms with E-state index in [0.29, 0.717) is 31.1 Å². The molecule has 6 heteroatoms. The van der Waals surface area contributed by atoms with Gasteiger partial charge >= 0.3 is 6.03 Å². The summed E-state index contributed by atoms with van der Waals surface area (Å²) >= 11 is 6.47. The number of hydrogen-bond donors (Lipinski definition) is 1. The number of amides is 2. The van der Waals surface area contributed by atoms with Gasteiger partial charge < -0.3 is 19.9 Å². The van der Waals surface area contributed by atoms with Crippen LogP contribution in [-0.4, -0.2) is 43.7 Å². The molecule has 27 heavy (non-hydrogen) atoms. The van der Waals surface area contributed by atoms with Gasteiger partial charge in [-0.3, -0.25) is 0 Å². The number of piperazine rings is 1. The van der Waals surface area contributed by atoms with Crippen molar-refractivity contribution >= 4 is 29.0 Å². The Morgan fingerprint density at radius 2 is 1.85 bits per heavy atom. The number of nitrogens with one attached hydrogen (secondary N) is 1. The van der Waals surface area contributed by atoms with E-state index in [9.17, 15) is 4.79 Å². The highest BCUT2D eigenvalue weighted by Gasteiger charge is 2.24. The van der Waals surface area contributed by atoms with Crippen molar-refractivity contribution in [3.05, 3.63) is 52.5 Å². The lowest BCUT2D eigenvalue weighted by molar-refractivity contribution is 0.208. The molecule has 0 aromatic heterocycles. The Hall–Kier alpha value is -2.40. The van der Waals surface area contributed by atoms with Crippen molar-refractivity contribution in [2.75, 3.05) is 43.0 Å². The zero-order valence-electron chi connectivity index (χ0n) is 16.1. The molecule has 0 unspecified atom stereocenters. The molecule has 1 aliphatic rings. The van der Waals surface area contributed by atoms with E-state index in [-0.39, 0.29) is 6.03 Å². The molecule has 144 valence electrons. The van der Waals surface area contributed by atoms with E-state index >= 15 is 0 Å². The lowest BCUT2D eigenvalue weighted by Crippen LogP contribution is -2.50. The molecule has 1 fully saturated rings. The average Bonchev–Trinajstić information content (AvgIpc) is 2.63. The van der Waals surface area contributed by atoms with Crippen LogP contribution in [0.5, 0.6) is 5.75 Å². The number of aryl methyl sites for hydroxylation is 2. The smallest absolute Gasteiger partial charge is 0.322 e. The Balaban J connectivity index is 1.63. The molecule has 2 amide bonds. The number of benzene rings is 2. The topological polar surface area (TPSA) is 44.8 Å². The van der Waals surface area contributed by atoms with E-state index in [0.717, 1.165) is 29.4 Å². The molecular formula is C21H26ClN3O2. The van der Waals surface area contributed by atoms with Gasteiger partial charge in [0, 0.05) is 26.2 Å². The van der Waals surface area contributed by atoms with Crippen LogP contribution in [0.25, 0.3) is 0 Å². The molecule has 1 N–H and O–H groups in total. The van der Waals surface area contributed by atoms with E-state index in [1.54, 1.807) is 0 Å². The Labute approximate surface area is 165 Å². The minimum Gasteiger partial charge on any atom is -0.492 e. The van der Waals surface area contributed by atoms with Crippen LogP contribution in [0, 0.1) is 13.8 Å². The number of para-hydroxylation sites is 2. The molecule has 2 aromatic rings. The highest BCUT2D eigenvalue weighted by molar-refractivity contribution is 6.33. The number of nitrogens with zero attached hydrogens (tertiary/aromatic N) is 2. The number of carbonyl (C=O) groups is 1. The molecule has 1 heterocycles. The SMILES string of the molecule is CCOc1ccccc1NC(=O)N1CCN(c2c(C)cc(C)cc2Cl)CC1. The van der Waals surface area contributed by atoms with Gasteiger partial charge in [0.15, 0.2) is 0 Å². The quantitative estimate of drug-likeness (QED) is 0.826. The third kappa shape index (κ3) is 4.48. The summed E-state index contributed by atoms with van der Waals surface area (Å²) in [6.45, 7) is 9.41. The average molecular weight is 388 g/mol. The first-order chi connectivity index (χ1) is 13.0. The summed E-state index contributed by atoms with van der Waals surface area (Å²) in [6, 6.07) is 11.5. The van der Waals surface area contributed by atoms with Crippen molar-refractivity contribution in [3.8, 4) is 5.75 Å². The van der Waals surface area contributed by atoms with E-state index in [2.05, 4.69) is 23.2 Å². The van der Waals surface area contributed by atoms with Crippen molar-refractivity contribution in [3.63, 3.8) is 0 Å². The number of halogens is 1. The van der Waals surface area contributed by atoms with Crippen LogP contribution in [-0.2, 0) is 0 Å². The summed E-state index contributed by atoms with van der Waals surface area (Å²) in [7, 11) is 0. The first kappa shape index (κ1) is 19.4. The second-order valence-corrected chi connectivity index (χ2v) is 7.15. The number of rotatable bonds is 4. The molecule has 0 atom stereocenters. The Bertz CT molecular complexity index is 794. The first-order valence-corrected chi connectivity index (χ1v) is 9.67. The fraction of sp³-hybridized carbons (Fsp3) is 0.381. The molecule has 0 bridgehead atoms. The van der Waals surface area contributed by atoms with Crippen molar-refractivity contribution in [1.29, 1.82) is 0 Å². The Kier molecular flexibility index (Phi) is 6.11. The van der Waals surface area contributed by atoms with Gasteiger partial charge in [0.05, 0.1) is 23.0 Å². The van der Waals surface area contributed by atoms with Crippen LogP contribution in [0.15, 0.2) is 36.4 Å². The molecule has 2 aromatic carbocycles. The molecule has 5 nitrogen and oxygen atoms in total. The largest absolute Gasteiger partial charge is 0.492 e. The van der Waals surface area contributed by atoms with E-state index in [4.69, 9.17) is 16.3 Å². The number of ether oxygens (including phenoxy) is 1. The van der Waals surface area contributed by atoms with E-state index in [1.165, 1.54) is 5.56 Å². The van der Waals surface area contributed by atoms with Crippen molar-refractivity contribution in [2.24, 2.45) is 0 Å². The van der Waals surface area contributed by atoms with Gasteiger partial charge in [-0.15, -0.1) is 0 Å². The Morgan fingerprint density at radius 3 is 2.52 bits per heavy atom. The van der Waals surface area contributed by atoms with Crippen LogP contribution in [0.2, 0.25) is 5.02 Å². The molecule has 1 saturated heterocycles. The zero-order chi connectivity index (χ0) is 19.4. The monoisotopic (exact) mass is 387 g/mol. The van der Waals surface area contributed by atoms with Crippen LogP contribution in [0.3, 0.4) is 0 Å². The van der Waals surface area contributed by atoms with Crippen molar-refractivity contribution in [1.82, 2.24) is 4.90 Å². The molecule has 0 saturated carbocycles. The first-order valence-electron chi connectivity index (χ1n) is 9.29. The molecule has 0 aliphatic carbocycles. The minimum absolute atomic E-state index is 0.103. The highest BCUT2D eigenvalue weighted by Crippen LogP contribution is 2.32. The number of carbonyl (C=O) groups excluding carboxylic acids is 1. The summed E-state index contributed by atoms with van der Waals surface area (Å²) in [5.74, 6) is 0.689. The lowest BCUT2D eigenvalue weighted by Gasteiger charge is -2.37. The van der Waals surface area contributed by atoms with Gasteiger partial charge in [-0.25, -0.2) is 4.79 Å². The third-order valence-corrected chi connectivity index (χ3v) is 5.00. The maximum atomic E-state index is 12.7. The summed E-state index contributed by atoms with van der Waals surface area (Å²) in [6.07, 6.45) is 0. The predicted octanol–water partition coefficient (Wildman–Crippen LogP) is 4.71. The van der Waals surface area contributed by atoms with Crippen LogP contribution < -0.4 is 15.0 Å². The summed E-state index contributed by atoms with van der Waals surface area (Å²) in [4.78, 5) is 16.7.